The molecule has 0 aromatic rings. The van der Waals surface area contributed by atoms with Crippen molar-refractivity contribution < 1.29 is 9.53 Å². The number of likely N-dealkylation sites (tertiary alicyclic amines) is 1. The van der Waals surface area contributed by atoms with E-state index in [0.29, 0.717) is 37.0 Å². The lowest BCUT2D eigenvalue weighted by molar-refractivity contribution is -0.128. The summed E-state index contributed by atoms with van der Waals surface area (Å²) in [7, 11) is 5.39. The molecule has 118 valence electrons. The van der Waals surface area contributed by atoms with Gasteiger partial charge < -0.3 is 19.9 Å². The summed E-state index contributed by atoms with van der Waals surface area (Å²) < 4.78 is 6.00. The van der Waals surface area contributed by atoms with Gasteiger partial charge >= 0.3 is 0 Å². The Labute approximate surface area is 126 Å². The molecule has 0 aromatic heterocycles. The lowest BCUT2D eigenvalue weighted by Gasteiger charge is -2.23. The highest BCUT2D eigenvalue weighted by atomic mass is 16.5. The van der Waals surface area contributed by atoms with Crippen LogP contribution in [-0.4, -0.2) is 74.7 Å². The van der Waals surface area contributed by atoms with Crippen molar-refractivity contribution >= 4 is 11.9 Å². The van der Waals surface area contributed by atoms with Gasteiger partial charge in [-0.05, 0) is 12.8 Å². The highest BCUT2D eigenvalue weighted by molar-refractivity contribution is 5.81. The van der Waals surface area contributed by atoms with Crippen molar-refractivity contribution in [2.75, 3.05) is 40.8 Å². The molecule has 0 spiro atoms. The lowest BCUT2D eigenvalue weighted by Crippen LogP contribution is -2.42. The number of ether oxygens (including phenoxy) is 1. The van der Waals surface area contributed by atoms with Crippen LogP contribution in [-0.2, 0) is 9.53 Å². The van der Waals surface area contributed by atoms with Crippen molar-refractivity contribution in [1.82, 2.24) is 15.1 Å². The van der Waals surface area contributed by atoms with Crippen molar-refractivity contribution in [2.24, 2.45) is 16.8 Å². The van der Waals surface area contributed by atoms with Crippen molar-refractivity contribution in [2.45, 2.75) is 31.5 Å². The summed E-state index contributed by atoms with van der Waals surface area (Å²) in [4.78, 5) is 19.9. The fourth-order valence-corrected chi connectivity index (χ4v) is 3.97. The Bertz CT molecular complexity index is 419. The zero-order valence-electron chi connectivity index (χ0n) is 13.2. The van der Waals surface area contributed by atoms with Crippen LogP contribution in [0.5, 0.6) is 0 Å². The van der Waals surface area contributed by atoms with Crippen molar-refractivity contribution in [3.8, 4) is 0 Å². The van der Waals surface area contributed by atoms with Crippen LogP contribution in [0.2, 0.25) is 0 Å². The fourth-order valence-electron chi connectivity index (χ4n) is 3.97. The Morgan fingerprint density at radius 2 is 1.90 bits per heavy atom. The molecule has 21 heavy (non-hydrogen) atoms. The molecule has 1 N–H and O–H groups in total. The van der Waals surface area contributed by atoms with Crippen molar-refractivity contribution in [3.63, 3.8) is 0 Å². The third kappa shape index (κ3) is 2.73. The molecule has 6 nitrogen and oxygen atoms in total. The van der Waals surface area contributed by atoms with Gasteiger partial charge in [0.2, 0.25) is 5.91 Å². The lowest BCUT2D eigenvalue weighted by atomic mass is 9.82. The van der Waals surface area contributed by atoms with E-state index in [1.165, 1.54) is 12.8 Å². The molecule has 0 radical (unpaired) electrons. The monoisotopic (exact) mass is 294 g/mol. The number of nitrogens with zero attached hydrogens (tertiary/aromatic N) is 3. The SMILES string of the molecule is CN=C(NCCC(=O)N(C)C)N1CC2C3CCC(O3)C2C1. The van der Waals surface area contributed by atoms with E-state index in [1.54, 1.807) is 19.0 Å². The number of hydrogen-bond donors (Lipinski definition) is 1. The summed E-state index contributed by atoms with van der Waals surface area (Å²) in [6.45, 7) is 2.71. The zero-order chi connectivity index (χ0) is 15.0. The van der Waals surface area contributed by atoms with E-state index in [1.807, 2.05) is 7.05 Å². The summed E-state index contributed by atoms with van der Waals surface area (Å²) in [5.41, 5.74) is 0. The minimum atomic E-state index is 0.141. The van der Waals surface area contributed by atoms with E-state index >= 15 is 0 Å². The van der Waals surface area contributed by atoms with Crippen LogP contribution in [0.3, 0.4) is 0 Å². The summed E-state index contributed by atoms with van der Waals surface area (Å²) in [6, 6.07) is 0. The van der Waals surface area contributed by atoms with E-state index in [2.05, 4.69) is 15.2 Å². The van der Waals surface area contributed by atoms with Crippen molar-refractivity contribution in [3.05, 3.63) is 0 Å². The highest BCUT2D eigenvalue weighted by Crippen LogP contribution is 2.47. The average molecular weight is 294 g/mol. The second-order valence-electron chi connectivity index (χ2n) is 6.54. The van der Waals surface area contributed by atoms with E-state index in [9.17, 15) is 4.79 Å². The minimum absolute atomic E-state index is 0.141. The first-order chi connectivity index (χ1) is 10.1. The normalized spacial score (nSPS) is 34.2. The number of guanidine groups is 1. The number of rotatable bonds is 3. The predicted octanol–water partition coefficient (Wildman–Crippen LogP) is 0.149. The maximum atomic E-state index is 11.6. The Hall–Kier alpha value is -1.30. The Morgan fingerprint density at radius 3 is 2.43 bits per heavy atom. The molecule has 0 saturated carbocycles. The number of amides is 1. The number of fused-ring (bicyclic) bond motifs is 5. The first-order valence-electron chi connectivity index (χ1n) is 7.91. The fraction of sp³-hybridized carbons (Fsp3) is 0.867. The van der Waals surface area contributed by atoms with Gasteiger partial charge in [0.05, 0.1) is 12.2 Å². The molecule has 3 aliphatic rings. The molecule has 1 amide bonds. The van der Waals surface area contributed by atoms with Gasteiger partial charge in [-0.15, -0.1) is 0 Å². The Kier molecular flexibility index (Phi) is 4.06. The molecule has 0 aliphatic carbocycles. The van der Waals surface area contributed by atoms with Crippen LogP contribution >= 0.6 is 0 Å². The number of nitrogens with one attached hydrogen (secondary N) is 1. The van der Waals surface area contributed by atoms with Gasteiger partial charge in [-0.1, -0.05) is 0 Å². The minimum Gasteiger partial charge on any atom is -0.374 e. The molecule has 4 unspecified atom stereocenters. The third-order valence-electron chi connectivity index (χ3n) is 5.08. The summed E-state index contributed by atoms with van der Waals surface area (Å²) in [5, 5.41) is 3.32. The molecule has 3 fully saturated rings. The van der Waals surface area contributed by atoms with Crippen LogP contribution in [0.4, 0.5) is 0 Å². The van der Waals surface area contributed by atoms with Gasteiger partial charge in [0, 0.05) is 59.0 Å². The highest BCUT2D eigenvalue weighted by Gasteiger charge is 2.53. The van der Waals surface area contributed by atoms with Crippen LogP contribution in [0, 0.1) is 11.8 Å². The molecule has 4 atom stereocenters. The number of carbonyl (C=O) groups is 1. The molecule has 2 bridgehead atoms. The number of carbonyl (C=O) groups excluding carboxylic acids is 1. The number of aliphatic imine (C=N–C) groups is 1. The Morgan fingerprint density at radius 1 is 1.29 bits per heavy atom. The summed E-state index contributed by atoms with van der Waals surface area (Å²) in [6.07, 6.45) is 3.89. The van der Waals surface area contributed by atoms with Crippen LogP contribution in [0.15, 0.2) is 4.99 Å². The Balaban J connectivity index is 1.50. The maximum Gasteiger partial charge on any atom is 0.223 e. The van der Waals surface area contributed by atoms with Gasteiger partial charge in [0.15, 0.2) is 5.96 Å². The molecular formula is C15H26N4O2. The van der Waals surface area contributed by atoms with Gasteiger partial charge in [-0.2, -0.15) is 0 Å². The summed E-state index contributed by atoms with van der Waals surface area (Å²) in [5.74, 6) is 2.41. The molecular weight excluding hydrogens is 268 g/mol. The molecule has 3 heterocycles. The van der Waals surface area contributed by atoms with Gasteiger partial charge in [0.25, 0.3) is 0 Å². The van der Waals surface area contributed by atoms with Crippen LogP contribution in [0.25, 0.3) is 0 Å². The third-order valence-corrected chi connectivity index (χ3v) is 5.08. The van der Waals surface area contributed by atoms with Gasteiger partial charge in [-0.3, -0.25) is 9.79 Å². The van der Waals surface area contributed by atoms with E-state index in [4.69, 9.17) is 4.74 Å². The quantitative estimate of drug-likeness (QED) is 0.595. The van der Waals surface area contributed by atoms with Crippen LogP contribution < -0.4 is 5.32 Å². The van der Waals surface area contributed by atoms with Gasteiger partial charge in [0.1, 0.15) is 0 Å². The van der Waals surface area contributed by atoms with E-state index < -0.39 is 0 Å². The maximum absolute atomic E-state index is 11.6. The molecule has 3 rings (SSSR count). The topological polar surface area (TPSA) is 57.2 Å². The molecule has 6 heteroatoms. The first-order valence-corrected chi connectivity index (χ1v) is 7.91. The van der Waals surface area contributed by atoms with E-state index in [-0.39, 0.29) is 5.91 Å². The molecule has 3 saturated heterocycles. The second kappa shape index (κ2) is 5.83. The average Bonchev–Trinajstić information content (AvgIpc) is 3.14. The predicted molar refractivity (Wildman–Crippen MR) is 81.1 cm³/mol. The summed E-state index contributed by atoms with van der Waals surface area (Å²) >= 11 is 0. The zero-order valence-corrected chi connectivity index (χ0v) is 13.2. The van der Waals surface area contributed by atoms with Crippen molar-refractivity contribution in [1.29, 1.82) is 0 Å². The second-order valence-corrected chi connectivity index (χ2v) is 6.54. The first kappa shape index (κ1) is 14.6. The van der Waals surface area contributed by atoms with E-state index in [0.717, 1.165) is 19.0 Å². The number of hydrogen-bond acceptors (Lipinski definition) is 3. The largest absolute Gasteiger partial charge is 0.374 e. The van der Waals surface area contributed by atoms with Gasteiger partial charge in [-0.25, -0.2) is 0 Å². The molecule has 3 aliphatic heterocycles. The van der Waals surface area contributed by atoms with Crippen LogP contribution in [0.1, 0.15) is 19.3 Å². The molecule has 0 aromatic carbocycles. The smallest absolute Gasteiger partial charge is 0.223 e. The standard InChI is InChI=1S/C15H26N4O2/c1-16-15(17-7-6-14(20)18(2)3)19-8-10-11(9-19)13-5-4-12(10)21-13/h10-13H,4-9H2,1-3H3,(H,16,17).